The van der Waals surface area contributed by atoms with Crippen molar-refractivity contribution in [2.24, 2.45) is 0 Å². The number of nitrogens with zero attached hydrogens (tertiary/aromatic N) is 4. The second kappa shape index (κ2) is 14.9. The number of hydrogen-bond acceptors (Lipinski definition) is 11. The molecule has 0 unspecified atom stereocenters. The fourth-order valence-electron chi connectivity index (χ4n) is 4.95. The number of aliphatic hydroxyl groups is 1. The number of carboxylic acids is 3. The number of morpholine rings is 1. The van der Waals surface area contributed by atoms with Crippen molar-refractivity contribution >= 4 is 23.7 Å². The fraction of sp³-hybridized carbons (Fsp3) is 0.552. The molecule has 1 aromatic carbocycles. The first-order valence-electron chi connectivity index (χ1n) is 13.9. The van der Waals surface area contributed by atoms with Gasteiger partial charge in [-0.25, -0.2) is 14.8 Å². The van der Waals surface area contributed by atoms with Gasteiger partial charge in [0, 0.05) is 49.8 Å². The van der Waals surface area contributed by atoms with E-state index in [2.05, 4.69) is 29.7 Å². The average molecular weight is 605 g/mol. The largest absolute Gasteiger partial charge is 0.493 e. The number of aromatic nitrogens is 2. The lowest BCUT2D eigenvalue weighted by Gasteiger charge is -2.34. The molecule has 0 bridgehead atoms. The van der Waals surface area contributed by atoms with Crippen molar-refractivity contribution in [1.29, 1.82) is 0 Å². The Morgan fingerprint density at radius 3 is 2.19 bits per heavy atom. The highest BCUT2D eigenvalue weighted by Gasteiger charge is 2.40. The number of para-hydroxylation sites is 1. The number of hydrogen-bond donors (Lipinski definition) is 4. The molecule has 14 heteroatoms. The predicted octanol–water partition coefficient (Wildman–Crippen LogP) is 1.76. The minimum Gasteiger partial charge on any atom is -0.493 e. The van der Waals surface area contributed by atoms with Gasteiger partial charge in [0.05, 0.1) is 46.0 Å². The summed E-state index contributed by atoms with van der Waals surface area (Å²) in [6, 6.07) is 6.06. The smallest absolute Gasteiger partial charge is 0.336 e. The van der Waals surface area contributed by atoms with Crippen molar-refractivity contribution in [3.63, 3.8) is 0 Å². The summed E-state index contributed by atoms with van der Waals surface area (Å²) in [5, 5.41) is 33.8. The van der Waals surface area contributed by atoms with Gasteiger partial charge < -0.3 is 39.5 Å². The first-order valence-corrected chi connectivity index (χ1v) is 13.9. The molecule has 4 rings (SSSR count). The number of aliphatic carboxylic acids is 3. The van der Waals surface area contributed by atoms with Crippen molar-refractivity contribution in [3.05, 3.63) is 40.8 Å². The Hall–Kier alpha value is -4.01. The van der Waals surface area contributed by atoms with Crippen LogP contribution in [0.2, 0.25) is 0 Å². The molecule has 0 saturated carbocycles. The Balaban J connectivity index is 0.000000331. The van der Waals surface area contributed by atoms with Crippen LogP contribution < -0.4 is 14.4 Å². The number of fused-ring (bicyclic) bond motifs is 1. The molecule has 4 N–H and O–H groups in total. The van der Waals surface area contributed by atoms with Crippen molar-refractivity contribution in [1.82, 2.24) is 14.9 Å². The molecule has 0 aliphatic carbocycles. The molecule has 0 radical (unpaired) electrons. The molecule has 2 aliphatic rings. The number of anilines is 1. The van der Waals surface area contributed by atoms with Crippen LogP contribution in [0, 0.1) is 0 Å². The molecule has 43 heavy (non-hydrogen) atoms. The third-order valence-corrected chi connectivity index (χ3v) is 7.13. The van der Waals surface area contributed by atoms with Gasteiger partial charge in [0.15, 0.2) is 17.1 Å². The van der Waals surface area contributed by atoms with Crippen LogP contribution in [0.5, 0.6) is 11.5 Å². The van der Waals surface area contributed by atoms with Crippen molar-refractivity contribution < 1.29 is 49.0 Å². The lowest BCUT2D eigenvalue weighted by atomic mass is 9.96. The molecular weight excluding hydrogens is 564 g/mol. The number of rotatable bonds is 11. The van der Waals surface area contributed by atoms with Crippen molar-refractivity contribution in [2.75, 3.05) is 52.0 Å². The summed E-state index contributed by atoms with van der Waals surface area (Å²) in [6.45, 7) is 10.2. The van der Waals surface area contributed by atoms with Crippen LogP contribution >= 0.6 is 0 Å². The van der Waals surface area contributed by atoms with E-state index in [1.165, 1.54) is 5.56 Å². The molecule has 0 amide bonds. The highest BCUT2D eigenvalue weighted by Crippen LogP contribution is 2.34. The molecular formula is C29H40N4O10. The van der Waals surface area contributed by atoms with Gasteiger partial charge in [0.1, 0.15) is 11.6 Å². The zero-order valence-corrected chi connectivity index (χ0v) is 24.9. The minimum absolute atomic E-state index is 0.295. The van der Waals surface area contributed by atoms with E-state index in [1.54, 1.807) is 14.2 Å². The summed E-state index contributed by atoms with van der Waals surface area (Å²) in [5.74, 6) is -1.10. The zero-order chi connectivity index (χ0) is 31.7. The lowest BCUT2D eigenvalue weighted by molar-refractivity contribution is -0.170. The van der Waals surface area contributed by atoms with Crippen LogP contribution in [0.1, 0.15) is 55.3 Å². The Morgan fingerprint density at radius 1 is 1.00 bits per heavy atom. The minimum atomic E-state index is -2.74. The van der Waals surface area contributed by atoms with E-state index in [0.29, 0.717) is 5.92 Å². The van der Waals surface area contributed by atoms with Gasteiger partial charge in [-0.05, 0) is 12.5 Å². The topological polar surface area (TPSA) is 192 Å². The molecule has 1 aromatic heterocycles. The van der Waals surface area contributed by atoms with Gasteiger partial charge in [0.2, 0.25) is 0 Å². The molecule has 236 valence electrons. The van der Waals surface area contributed by atoms with E-state index < -0.39 is 36.4 Å². The van der Waals surface area contributed by atoms with Crippen LogP contribution in [0.15, 0.2) is 18.2 Å². The van der Waals surface area contributed by atoms with Gasteiger partial charge in [-0.15, -0.1) is 0 Å². The molecule has 0 spiro atoms. The Kier molecular flexibility index (Phi) is 11.6. The molecule has 1 saturated heterocycles. The van der Waals surface area contributed by atoms with Crippen LogP contribution in [0.4, 0.5) is 5.82 Å². The van der Waals surface area contributed by atoms with E-state index in [-0.39, 0.29) is 0 Å². The van der Waals surface area contributed by atoms with Gasteiger partial charge in [-0.3, -0.25) is 14.5 Å². The van der Waals surface area contributed by atoms with Crippen molar-refractivity contribution in [2.45, 2.75) is 57.7 Å². The van der Waals surface area contributed by atoms with E-state index in [0.717, 1.165) is 86.8 Å². The molecule has 14 nitrogen and oxygen atoms in total. The number of benzene rings is 1. The fourth-order valence-corrected chi connectivity index (χ4v) is 4.95. The van der Waals surface area contributed by atoms with E-state index in [1.807, 2.05) is 12.1 Å². The summed E-state index contributed by atoms with van der Waals surface area (Å²) in [6.07, 6.45) is -1.34. The molecule has 3 heterocycles. The monoisotopic (exact) mass is 604 g/mol. The highest BCUT2D eigenvalue weighted by atomic mass is 16.5. The number of carboxylic acid groups (broad SMARTS) is 3. The van der Waals surface area contributed by atoms with Crippen LogP contribution in [-0.4, -0.2) is 106 Å². The van der Waals surface area contributed by atoms with Crippen LogP contribution in [-0.2, 0) is 38.6 Å². The average Bonchev–Trinajstić information content (AvgIpc) is 2.96. The summed E-state index contributed by atoms with van der Waals surface area (Å²) in [7, 11) is 3.37. The number of ether oxygens (including phenoxy) is 3. The maximum absolute atomic E-state index is 10.3. The summed E-state index contributed by atoms with van der Waals surface area (Å²) < 4.78 is 16.7. The third-order valence-electron chi connectivity index (χ3n) is 7.13. The molecule has 1 fully saturated rings. The first kappa shape index (κ1) is 33.5. The second-order valence-corrected chi connectivity index (χ2v) is 10.7. The Bertz CT molecular complexity index is 1280. The number of methoxy groups -OCH3 is 2. The van der Waals surface area contributed by atoms with Gasteiger partial charge in [-0.2, -0.15) is 0 Å². The van der Waals surface area contributed by atoms with E-state index in [9.17, 15) is 14.4 Å². The first-order chi connectivity index (χ1) is 20.4. The highest BCUT2D eigenvalue weighted by molar-refractivity contribution is 5.88. The van der Waals surface area contributed by atoms with Gasteiger partial charge in [-0.1, -0.05) is 26.0 Å². The lowest BCUT2D eigenvalue weighted by Crippen LogP contribution is -2.42. The van der Waals surface area contributed by atoms with E-state index in [4.69, 9.17) is 44.6 Å². The standard InChI is InChI=1S/C23H32N4O3.C6H8O7/c1-16(2)22-24-19-15-26(14-17-6-5-7-20(28-3)21(17)29-4)9-8-18(19)23(25-22)27-10-12-30-13-11-27;7-3(8)1-6(13,5(11)12)2-4(9)10/h5-7,16H,8-15H2,1-4H3;13H,1-2H2,(H,7,8)(H,9,10)(H,11,12). The predicted molar refractivity (Wildman–Crippen MR) is 154 cm³/mol. The molecule has 2 aromatic rings. The normalized spacial score (nSPS) is 15.3. The second-order valence-electron chi connectivity index (χ2n) is 10.7. The summed E-state index contributed by atoms with van der Waals surface area (Å²) in [4.78, 5) is 45.2. The Labute approximate surface area is 249 Å². The van der Waals surface area contributed by atoms with Crippen LogP contribution in [0.25, 0.3) is 0 Å². The maximum Gasteiger partial charge on any atom is 0.336 e. The summed E-state index contributed by atoms with van der Waals surface area (Å²) >= 11 is 0. The molecule has 0 atom stereocenters. The number of carbonyl (C=O) groups is 3. The van der Waals surface area contributed by atoms with Crippen molar-refractivity contribution in [3.8, 4) is 11.5 Å². The Morgan fingerprint density at radius 2 is 1.65 bits per heavy atom. The maximum atomic E-state index is 10.3. The van der Waals surface area contributed by atoms with Crippen LogP contribution in [0.3, 0.4) is 0 Å². The quantitative estimate of drug-likeness (QED) is 0.290. The van der Waals surface area contributed by atoms with Gasteiger partial charge >= 0.3 is 17.9 Å². The van der Waals surface area contributed by atoms with E-state index >= 15 is 0 Å². The third kappa shape index (κ3) is 8.75. The molecule has 2 aliphatic heterocycles. The summed E-state index contributed by atoms with van der Waals surface area (Å²) in [5.41, 5.74) is 0.850. The zero-order valence-electron chi connectivity index (χ0n) is 24.9. The van der Waals surface area contributed by atoms with Gasteiger partial charge in [0.25, 0.3) is 0 Å². The SMILES string of the molecule is COc1cccc(CN2CCc3c(nc(C(C)C)nc3N3CCOCC3)C2)c1OC.O=C(O)CC(O)(CC(=O)O)C(=O)O.